The van der Waals surface area contributed by atoms with Crippen LogP contribution in [0, 0.1) is 0 Å². The summed E-state index contributed by atoms with van der Waals surface area (Å²) >= 11 is 6.35. The molecule has 21 heavy (non-hydrogen) atoms. The summed E-state index contributed by atoms with van der Waals surface area (Å²) in [5, 5.41) is 3.69. The molecular formula is C12H19N5O2S2. The number of H-pyrrole nitrogens is 1. The molecule has 4 N–H and O–H groups in total. The summed E-state index contributed by atoms with van der Waals surface area (Å²) in [7, 11) is 0. The van der Waals surface area contributed by atoms with E-state index >= 15 is 0 Å². The van der Waals surface area contributed by atoms with Gasteiger partial charge in [-0.1, -0.05) is 32.0 Å². The summed E-state index contributed by atoms with van der Waals surface area (Å²) < 4.78 is 0. The highest BCUT2D eigenvalue weighted by molar-refractivity contribution is 7.99. The van der Waals surface area contributed by atoms with Crippen LogP contribution in [-0.4, -0.2) is 33.3 Å². The first-order valence-corrected chi connectivity index (χ1v) is 8.04. The molecule has 0 saturated heterocycles. The molecule has 0 atom stereocenters. The van der Waals surface area contributed by atoms with Crippen molar-refractivity contribution >= 4 is 35.0 Å². The molecule has 0 aliphatic rings. The molecule has 0 unspecified atom stereocenters. The Morgan fingerprint density at radius 3 is 2.86 bits per heavy atom. The highest BCUT2D eigenvalue weighted by Gasteiger charge is 2.10. The Morgan fingerprint density at radius 1 is 1.43 bits per heavy atom. The van der Waals surface area contributed by atoms with E-state index in [1.807, 2.05) is 6.92 Å². The zero-order chi connectivity index (χ0) is 15.7. The average molecular weight is 329 g/mol. The number of carbonyl (C=O) groups is 1. The van der Waals surface area contributed by atoms with Crippen molar-refractivity contribution in [1.82, 2.24) is 26.1 Å². The first-order valence-electron chi connectivity index (χ1n) is 6.65. The van der Waals surface area contributed by atoms with Crippen molar-refractivity contribution in [3.63, 3.8) is 0 Å². The lowest BCUT2D eigenvalue weighted by molar-refractivity contribution is 0.0937. The summed E-state index contributed by atoms with van der Waals surface area (Å²) in [6.07, 6.45) is 2.04. The molecule has 1 aromatic rings. The lowest BCUT2D eigenvalue weighted by atomic mass is 10.3. The minimum absolute atomic E-state index is 0.0403. The van der Waals surface area contributed by atoms with Crippen molar-refractivity contribution in [1.29, 1.82) is 0 Å². The molecule has 116 valence electrons. The molecule has 0 aliphatic carbocycles. The number of hydrogen-bond donors (Lipinski definition) is 4. The van der Waals surface area contributed by atoms with Gasteiger partial charge in [-0.3, -0.25) is 20.4 Å². The van der Waals surface area contributed by atoms with Gasteiger partial charge in [0.15, 0.2) is 10.3 Å². The van der Waals surface area contributed by atoms with Crippen molar-refractivity contribution in [2.45, 2.75) is 31.8 Å². The third-order valence-corrected chi connectivity index (χ3v) is 3.34. The fourth-order valence-electron chi connectivity index (χ4n) is 1.36. The number of amides is 1. The van der Waals surface area contributed by atoms with Gasteiger partial charge in [0.2, 0.25) is 0 Å². The molecular weight excluding hydrogens is 310 g/mol. The number of carbonyl (C=O) groups excluding carboxylic acids is 1. The van der Waals surface area contributed by atoms with Crippen LogP contribution >= 0.6 is 24.0 Å². The lowest BCUT2D eigenvalue weighted by Crippen LogP contribution is -2.47. The number of aromatic amines is 1. The number of hydrogen-bond acceptors (Lipinski definition) is 5. The van der Waals surface area contributed by atoms with E-state index in [1.54, 1.807) is 0 Å². The van der Waals surface area contributed by atoms with Gasteiger partial charge in [-0.2, -0.15) is 0 Å². The Labute approximate surface area is 132 Å². The monoisotopic (exact) mass is 329 g/mol. The maximum atomic E-state index is 11.9. The number of aromatic nitrogens is 2. The van der Waals surface area contributed by atoms with Crippen molar-refractivity contribution < 1.29 is 4.79 Å². The summed E-state index contributed by atoms with van der Waals surface area (Å²) in [5.41, 5.74) is 4.65. The molecule has 1 amide bonds. The summed E-state index contributed by atoms with van der Waals surface area (Å²) in [6.45, 7) is 4.74. The van der Waals surface area contributed by atoms with Crippen LogP contribution in [0.4, 0.5) is 0 Å². The van der Waals surface area contributed by atoms with Gasteiger partial charge >= 0.3 is 0 Å². The molecule has 0 radical (unpaired) electrons. The van der Waals surface area contributed by atoms with Crippen LogP contribution in [-0.2, 0) is 0 Å². The topological polar surface area (TPSA) is 98.9 Å². The Hall–Kier alpha value is -1.61. The van der Waals surface area contributed by atoms with Gasteiger partial charge in [0.05, 0.1) is 0 Å². The second-order valence-corrected chi connectivity index (χ2v) is 5.72. The second-order valence-electron chi connectivity index (χ2n) is 4.06. The number of hydrazine groups is 1. The molecule has 0 fully saturated rings. The van der Waals surface area contributed by atoms with Crippen LogP contribution in [0.15, 0.2) is 16.0 Å². The number of nitrogens with zero attached hydrogens (tertiary/aromatic N) is 1. The van der Waals surface area contributed by atoms with Gasteiger partial charge in [-0.05, 0) is 24.4 Å². The van der Waals surface area contributed by atoms with Crippen LogP contribution in [0.1, 0.15) is 37.2 Å². The number of thiocarbonyl (C=S) groups is 1. The van der Waals surface area contributed by atoms with E-state index in [9.17, 15) is 9.59 Å². The van der Waals surface area contributed by atoms with Crippen molar-refractivity contribution in [3.8, 4) is 0 Å². The molecule has 1 aromatic heterocycles. The molecule has 1 rings (SSSR count). The Morgan fingerprint density at radius 2 is 2.19 bits per heavy atom. The normalized spacial score (nSPS) is 10.0. The highest BCUT2D eigenvalue weighted by Crippen LogP contribution is 2.09. The van der Waals surface area contributed by atoms with E-state index in [2.05, 4.69) is 33.1 Å². The zero-order valence-electron chi connectivity index (χ0n) is 12.0. The third kappa shape index (κ3) is 6.58. The fraction of sp³-hybridized carbons (Fsp3) is 0.500. The third-order valence-electron chi connectivity index (χ3n) is 2.34. The first kappa shape index (κ1) is 17.4. The summed E-state index contributed by atoms with van der Waals surface area (Å²) in [4.78, 5) is 30.0. The smallest absolute Gasteiger partial charge is 0.288 e. The second kappa shape index (κ2) is 9.35. The minimum atomic E-state index is -0.515. The van der Waals surface area contributed by atoms with Crippen LogP contribution in [0.2, 0.25) is 0 Å². The minimum Gasteiger partial charge on any atom is -0.361 e. The predicted octanol–water partition coefficient (Wildman–Crippen LogP) is 0.791. The van der Waals surface area contributed by atoms with Crippen molar-refractivity contribution in [3.05, 3.63) is 22.1 Å². The molecule has 0 bridgehead atoms. The SMILES string of the molecule is CCCCNC(=S)NNC(=O)c1cc(=O)[nH]c(SCC)n1. The number of nitrogens with one attached hydrogen (secondary N) is 4. The molecule has 1 heterocycles. The van der Waals surface area contributed by atoms with Crippen LogP contribution in [0.25, 0.3) is 0 Å². The van der Waals surface area contributed by atoms with E-state index in [4.69, 9.17) is 12.2 Å². The van der Waals surface area contributed by atoms with Gasteiger partial charge in [0.1, 0.15) is 5.69 Å². The largest absolute Gasteiger partial charge is 0.361 e. The number of thioether (sulfide) groups is 1. The molecule has 0 aliphatic heterocycles. The Balaban J connectivity index is 2.55. The number of unbranched alkanes of at least 4 members (excludes halogenated alkanes) is 1. The van der Waals surface area contributed by atoms with E-state index < -0.39 is 5.91 Å². The quantitative estimate of drug-likeness (QED) is 0.201. The maximum absolute atomic E-state index is 11.9. The lowest BCUT2D eigenvalue weighted by Gasteiger charge is -2.11. The summed E-state index contributed by atoms with van der Waals surface area (Å²) in [5.74, 6) is 0.233. The van der Waals surface area contributed by atoms with Crippen LogP contribution in [0.5, 0.6) is 0 Å². The first-order chi connectivity index (χ1) is 10.1. The molecule has 0 aromatic carbocycles. The van der Waals surface area contributed by atoms with Crippen molar-refractivity contribution in [2.24, 2.45) is 0 Å². The maximum Gasteiger partial charge on any atom is 0.288 e. The Kier molecular flexibility index (Phi) is 7.76. The van der Waals surface area contributed by atoms with E-state index in [1.165, 1.54) is 11.8 Å². The predicted molar refractivity (Wildman–Crippen MR) is 87.4 cm³/mol. The van der Waals surface area contributed by atoms with Crippen LogP contribution in [0.3, 0.4) is 0 Å². The van der Waals surface area contributed by atoms with E-state index in [0.717, 1.165) is 31.2 Å². The molecule has 7 nitrogen and oxygen atoms in total. The fourth-order valence-corrected chi connectivity index (χ4v) is 2.12. The van der Waals surface area contributed by atoms with Gasteiger partial charge in [0.25, 0.3) is 11.5 Å². The van der Waals surface area contributed by atoms with E-state index in [-0.39, 0.29) is 11.3 Å². The number of rotatable bonds is 6. The van der Waals surface area contributed by atoms with Gasteiger partial charge < -0.3 is 10.3 Å². The molecule has 0 spiro atoms. The van der Waals surface area contributed by atoms with Gasteiger partial charge in [-0.25, -0.2) is 4.98 Å². The average Bonchev–Trinajstić information content (AvgIpc) is 2.44. The molecule has 0 saturated carbocycles. The zero-order valence-corrected chi connectivity index (χ0v) is 13.6. The molecule has 9 heteroatoms. The van der Waals surface area contributed by atoms with Gasteiger partial charge in [0, 0.05) is 12.6 Å². The van der Waals surface area contributed by atoms with Gasteiger partial charge in [-0.15, -0.1) is 0 Å². The summed E-state index contributed by atoms with van der Waals surface area (Å²) in [6, 6.07) is 1.14. The Bertz CT molecular complexity index is 547. The van der Waals surface area contributed by atoms with E-state index in [0.29, 0.717) is 10.3 Å². The highest BCUT2D eigenvalue weighted by atomic mass is 32.2. The standard InChI is InChI=1S/C12H19N5O2S2/c1-3-5-6-13-11(20)17-16-10(19)8-7-9(18)15-12(14-8)21-4-2/h7H,3-6H2,1-2H3,(H,16,19)(H2,13,17,20)(H,14,15,18). The van der Waals surface area contributed by atoms with Crippen LogP contribution < -0.4 is 21.7 Å². The van der Waals surface area contributed by atoms with Crippen molar-refractivity contribution in [2.75, 3.05) is 12.3 Å².